The lowest BCUT2D eigenvalue weighted by atomic mass is 9.89. The molecule has 0 bridgehead atoms. The lowest BCUT2D eigenvalue weighted by Gasteiger charge is -2.15. The fourth-order valence-electron chi connectivity index (χ4n) is 3.45. The zero-order valence-electron chi connectivity index (χ0n) is 14.3. The van der Waals surface area contributed by atoms with Crippen molar-refractivity contribution >= 4 is 38.9 Å². The Labute approximate surface area is 151 Å². The van der Waals surface area contributed by atoms with Gasteiger partial charge in [0.05, 0.1) is 12.7 Å². The van der Waals surface area contributed by atoms with Crippen molar-refractivity contribution in [2.24, 2.45) is 0 Å². The third-order valence-corrected chi connectivity index (χ3v) is 4.60. The minimum atomic E-state index is -0.364. The van der Waals surface area contributed by atoms with E-state index < -0.39 is 0 Å². The van der Waals surface area contributed by atoms with Crippen LogP contribution in [-0.4, -0.2) is 13.1 Å². The van der Waals surface area contributed by atoms with E-state index in [2.05, 4.69) is 6.07 Å². The second-order valence-electron chi connectivity index (χ2n) is 6.25. The Kier molecular flexibility index (Phi) is 3.73. The van der Waals surface area contributed by atoms with Gasteiger partial charge < -0.3 is 16.2 Å². The quantitative estimate of drug-likeness (QED) is 0.317. The van der Waals surface area contributed by atoms with Crippen molar-refractivity contribution in [3.05, 3.63) is 72.3 Å². The van der Waals surface area contributed by atoms with E-state index in [0.29, 0.717) is 16.9 Å². The van der Waals surface area contributed by atoms with Crippen LogP contribution in [0.25, 0.3) is 32.7 Å². The average Bonchev–Trinajstić information content (AvgIpc) is 2.65. The van der Waals surface area contributed by atoms with Gasteiger partial charge >= 0.3 is 5.97 Å². The molecular formula is C22H18N2O2. The molecule has 0 spiro atoms. The number of ether oxygens (including phenoxy) is 1. The van der Waals surface area contributed by atoms with Crippen molar-refractivity contribution in [3.63, 3.8) is 0 Å². The lowest BCUT2D eigenvalue weighted by Crippen LogP contribution is -2.03. The molecule has 0 fully saturated rings. The number of esters is 1. The van der Waals surface area contributed by atoms with Gasteiger partial charge in [-0.2, -0.15) is 0 Å². The third-order valence-electron chi connectivity index (χ3n) is 4.60. The van der Waals surface area contributed by atoms with E-state index in [0.717, 1.165) is 32.7 Å². The second kappa shape index (κ2) is 6.08. The largest absolute Gasteiger partial charge is 0.465 e. The van der Waals surface area contributed by atoms with Gasteiger partial charge in [0.25, 0.3) is 0 Å². The molecule has 4 aromatic rings. The molecule has 0 aliphatic rings. The summed E-state index contributed by atoms with van der Waals surface area (Å²) in [5.41, 5.74) is 15.7. The van der Waals surface area contributed by atoms with E-state index in [1.807, 2.05) is 54.6 Å². The van der Waals surface area contributed by atoms with Crippen molar-refractivity contribution < 1.29 is 9.53 Å². The molecular weight excluding hydrogens is 324 g/mol. The fourth-order valence-corrected chi connectivity index (χ4v) is 3.45. The van der Waals surface area contributed by atoms with E-state index in [4.69, 9.17) is 16.2 Å². The molecule has 26 heavy (non-hydrogen) atoms. The van der Waals surface area contributed by atoms with Crippen LogP contribution in [0.2, 0.25) is 0 Å². The number of nitrogens with two attached hydrogens (primary N) is 2. The van der Waals surface area contributed by atoms with Crippen molar-refractivity contribution in [1.29, 1.82) is 0 Å². The molecule has 4 nitrogen and oxygen atoms in total. The van der Waals surface area contributed by atoms with Crippen LogP contribution in [0.5, 0.6) is 0 Å². The van der Waals surface area contributed by atoms with E-state index in [1.54, 1.807) is 6.07 Å². The molecule has 0 heterocycles. The van der Waals surface area contributed by atoms with Gasteiger partial charge in [0, 0.05) is 11.4 Å². The summed E-state index contributed by atoms with van der Waals surface area (Å²) in [6.07, 6.45) is 0. The number of nitrogen functional groups attached to an aromatic ring is 2. The maximum Gasteiger partial charge on any atom is 0.338 e. The topological polar surface area (TPSA) is 78.3 Å². The van der Waals surface area contributed by atoms with E-state index in [9.17, 15) is 4.79 Å². The van der Waals surface area contributed by atoms with Crippen LogP contribution in [0, 0.1) is 0 Å². The molecule has 0 amide bonds. The van der Waals surface area contributed by atoms with Crippen LogP contribution in [0.15, 0.2) is 66.7 Å². The first-order chi connectivity index (χ1) is 12.6. The standard InChI is InChI=1S/C22H18N2O2/c1-26-22(25)20-5-3-2-4-19(20)21-17-8-6-15(23)11-13(17)10-14-12-16(24)7-9-18(14)21/h2-12H,23-24H2,1H3. The van der Waals surface area contributed by atoms with Crippen molar-refractivity contribution in [3.8, 4) is 11.1 Å². The molecule has 0 aliphatic carbocycles. The van der Waals surface area contributed by atoms with Crippen molar-refractivity contribution in [2.45, 2.75) is 0 Å². The minimum Gasteiger partial charge on any atom is -0.465 e. The Morgan fingerprint density at radius 3 is 1.96 bits per heavy atom. The molecule has 4 aromatic carbocycles. The first-order valence-electron chi connectivity index (χ1n) is 8.27. The van der Waals surface area contributed by atoms with Gasteiger partial charge in [0.2, 0.25) is 0 Å². The molecule has 0 atom stereocenters. The van der Waals surface area contributed by atoms with Crippen LogP contribution in [0.4, 0.5) is 11.4 Å². The van der Waals surface area contributed by atoms with Gasteiger partial charge in [0.15, 0.2) is 0 Å². The Balaban J connectivity index is 2.19. The van der Waals surface area contributed by atoms with Gasteiger partial charge in [-0.1, -0.05) is 30.3 Å². The Hall–Kier alpha value is -3.53. The minimum absolute atomic E-state index is 0.364. The van der Waals surface area contributed by atoms with Gasteiger partial charge in [-0.3, -0.25) is 0 Å². The smallest absolute Gasteiger partial charge is 0.338 e. The SMILES string of the molecule is COC(=O)c1ccccc1-c1c2ccc(N)cc2cc2cc(N)ccc12. The summed E-state index contributed by atoms with van der Waals surface area (Å²) in [6.45, 7) is 0. The zero-order chi connectivity index (χ0) is 18.3. The maximum absolute atomic E-state index is 12.3. The van der Waals surface area contributed by atoms with Crippen LogP contribution >= 0.6 is 0 Å². The first-order valence-corrected chi connectivity index (χ1v) is 8.27. The van der Waals surface area contributed by atoms with Crippen molar-refractivity contribution in [1.82, 2.24) is 0 Å². The predicted octanol–water partition coefficient (Wildman–Crippen LogP) is 4.61. The van der Waals surface area contributed by atoms with Crippen LogP contribution < -0.4 is 11.5 Å². The summed E-state index contributed by atoms with van der Waals surface area (Å²) in [4.78, 5) is 12.3. The molecule has 4 heteroatoms. The Bertz CT molecular complexity index is 1110. The number of carbonyl (C=O) groups excluding carboxylic acids is 1. The van der Waals surface area contributed by atoms with Gasteiger partial charge in [0.1, 0.15) is 0 Å². The van der Waals surface area contributed by atoms with Crippen LogP contribution in [0.3, 0.4) is 0 Å². The summed E-state index contributed by atoms with van der Waals surface area (Å²) in [5, 5.41) is 4.04. The molecule has 128 valence electrons. The summed E-state index contributed by atoms with van der Waals surface area (Å²) >= 11 is 0. The molecule has 0 saturated carbocycles. The second-order valence-corrected chi connectivity index (χ2v) is 6.25. The number of rotatable bonds is 2. The predicted molar refractivity (Wildman–Crippen MR) is 107 cm³/mol. The molecule has 0 unspecified atom stereocenters. The average molecular weight is 342 g/mol. The number of fused-ring (bicyclic) bond motifs is 2. The number of hydrogen-bond donors (Lipinski definition) is 2. The number of benzene rings is 4. The van der Waals surface area contributed by atoms with Gasteiger partial charge in [-0.25, -0.2) is 4.79 Å². The van der Waals surface area contributed by atoms with E-state index in [-0.39, 0.29) is 5.97 Å². The summed E-state index contributed by atoms with van der Waals surface area (Å²) in [6, 6.07) is 21.1. The highest BCUT2D eigenvalue weighted by Gasteiger charge is 2.17. The highest BCUT2D eigenvalue weighted by molar-refractivity contribution is 6.16. The number of hydrogen-bond acceptors (Lipinski definition) is 4. The normalized spacial score (nSPS) is 11.0. The Morgan fingerprint density at radius 1 is 0.808 bits per heavy atom. The summed E-state index contributed by atoms with van der Waals surface area (Å²) < 4.78 is 4.98. The molecule has 0 saturated heterocycles. The summed E-state index contributed by atoms with van der Waals surface area (Å²) in [7, 11) is 1.39. The highest BCUT2D eigenvalue weighted by Crippen LogP contribution is 2.39. The van der Waals surface area contributed by atoms with Crippen LogP contribution in [0.1, 0.15) is 10.4 Å². The van der Waals surface area contributed by atoms with E-state index >= 15 is 0 Å². The molecule has 0 aromatic heterocycles. The van der Waals surface area contributed by atoms with Crippen molar-refractivity contribution in [2.75, 3.05) is 18.6 Å². The summed E-state index contributed by atoms with van der Waals surface area (Å²) in [5.74, 6) is -0.364. The maximum atomic E-state index is 12.3. The van der Waals surface area contributed by atoms with Crippen LogP contribution in [-0.2, 0) is 4.74 Å². The fraction of sp³-hybridized carbons (Fsp3) is 0.0455. The zero-order valence-corrected chi connectivity index (χ0v) is 14.3. The molecule has 0 radical (unpaired) electrons. The lowest BCUT2D eigenvalue weighted by molar-refractivity contribution is 0.0601. The molecule has 4 N–H and O–H groups in total. The molecule has 4 rings (SSSR count). The number of carbonyl (C=O) groups is 1. The van der Waals surface area contributed by atoms with Gasteiger partial charge in [-0.15, -0.1) is 0 Å². The third kappa shape index (κ3) is 2.52. The number of methoxy groups -OCH3 is 1. The van der Waals surface area contributed by atoms with Gasteiger partial charge in [-0.05, 0) is 69.1 Å². The molecule has 0 aliphatic heterocycles. The highest BCUT2D eigenvalue weighted by atomic mass is 16.5. The van der Waals surface area contributed by atoms with E-state index in [1.165, 1.54) is 7.11 Å². The first kappa shape index (κ1) is 16.0. The Morgan fingerprint density at radius 2 is 1.38 bits per heavy atom. The number of anilines is 2. The monoisotopic (exact) mass is 342 g/mol.